The van der Waals surface area contributed by atoms with E-state index < -0.39 is 6.61 Å². The van der Waals surface area contributed by atoms with Gasteiger partial charge in [-0.2, -0.15) is 8.78 Å². The molecule has 1 fully saturated rings. The Hall–Kier alpha value is -1.65. The van der Waals surface area contributed by atoms with Gasteiger partial charge >= 0.3 is 6.61 Å². The zero-order valence-electron chi connectivity index (χ0n) is 16.3. The third-order valence-corrected chi connectivity index (χ3v) is 4.00. The van der Waals surface area contributed by atoms with Crippen LogP contribution in [0.15, 0.2) is 23.2 Å². The molecule has 6 nitrogen and oxygen atoms in total. The van der Waals surface area contributed by atoms with Gasteiger partial charge in [0.1, 0.15) is 5.75 Å². The van der Waals surface area contributed by atoms with Crippen LogP contribution in [0.1, 0.15) is 43.7 Å². The summed E-state index contributed by atoms with van der Waals surface area (Å²) in [5, 5.41) is 9.22. The summed E-state index contributed by atoms with van der Waals surface area (Å²) in [7, 11) is 0. The molecule has 0 heterocycles. The van der Waals surface area contributed by atoms with E-state index in [0.717, 1.165) is 18.4 Å². The molecule has 0 radical (unpaired) electrons. The van der Waals surface area contributed by atoms with E-state index in [-0.39, 0.29) is 42.2 Å². The van der Waals surface area contributed by atoms with Gasteiger partial charge in [0.15, 0.2) is 5.96 Å². The van der Waals surface area contributed by atoms with Crippen LogP contribution < -0.4 is 20.7 Å². The van der Waals surface area contributed by atoms with Crippen LogP contribution in [0.4, 0.5) is 8.78 Å². The second kappa shape index (κ2) is 12.7. The number of aryl methyl sites for hydroxylation is 1. The molecule has 1 aromatic carbocycles. The van der Waals surface area contributed by atoms with Crippen molar-refractivity contribution in [3.8, 4) is 5.75 Å². The topological polar surface area (TPSA) is 74.8 Å². The zero-order valence-corrected chi connectivity index (χ0v) is 18.6. The van der Waals surface area contributed by atoms with Crippen molar-refractivity contribution in [2.75, 3.05) is 13.1 Å². The van der Waals surface area contributed by atoms with E-state index >= 15 is 0 Å². The van der Waals surface area contributed by atoms with Crippen molar-refractivity contribution in [3.63, 3.8) is 0 Å². The molecule has 1 saturated carbocycles. The van der Waals surface area contributed by atoms with Gasteiger partial charge in [-0.3, -0.25) is 4.79 Å². The summed E-state index contributed by atoms with van der Waals surface area (Å²) in [6.07, 6.45) is 3.31. The van der Waals surface area contributed by atoms with Crippen LogP contribution in [-0.4, -0.2) is 37.6 Å². The maximum atomic E-state index is 12.6. The van der Waals surface area contributed by atoms with Crippen molar-refractivity contribution >= 4 is 35.8 Å². The Bertz CT molecular complexity index is 655. The number of hydrogen-bond acceptors (Lipinski definition) is 3. The quantitative estimate of drug-likeness (QED) is 0.196. The maximum Gasteiger partial charge on any atom is 0.387 e. The monoisotopic (exact) mass is 510 g/mol. The van der Waals surface area contributed by atoms with Crippen LogP contribution >= 0.6 is 24.0 Å². The molecule has 0 bridgehead atoms. The Labute approximate surface area is 181 Å². The predicted molar refractivity (Wildman–Crippen MR) is 116 cm³/mol. The fraction of sp³-hybridized carbons (Fsp3) is 0.579. The largest absolute Gasteiger partial charge is 0.434 e. The van der Waals surface area contributed by atoms with E-state index in [0.29, 0.717) is 43.5 Å². The van der Waals surface area contributed by atoms with Crippen molar-refractivity contribution in [2.24, 2.45) is 4.99 Å². The second-order valence-corrected chi connectivity index (χ2v) is 6.56. The predicted octanol–water partition coefficient (Wildman–Crippen LogP) is 3.33. The van der Waals surface area contributed by atoms with Crippen LogP contribution in [0.25, 0.3) is 0 Å². The van der Waals surface area contributed by atoms with Crippen LogP contribution in [-0.2, 0) is 11.3 Å². The van der Waals surface area contributed by atoms with Crippen LogP contribution in [0.3, 0.4) is 0 Å². The number of alkyl halides is 2. The lowest BCUT2D eigenvalue weighted by Crippen LogP contribution is -2.38. The average molecular weight is 510 g/mol. The molecule has 28 heavy (non-hydrogen) atoms. The summed E-state index contributed by atoms with van der Waals surface area (Å²) < 4.78 is 29.7. The lowest BCUT2D eigenvalue weighted by molar-refractivity contribution is -0.121. The van der Waals surface area contributed by atoms with E-state index in [1.165, 1.54) is 6.07 Å². The Morgan fingerprint density at radius 1 is 1.32 bits per heavy atom. The summed E-state index contributed by atoms with van der Waals surface area (Å²) in [6, 6.07) is 5.42. The highest BCUT2D eigenvalue weighted by Crippen LogP contribution is 2.23. The third kappa shape index (κ3) is 9.52. The smallest absolute Gasteiger partial charge is 0.387 e. The molecule has 0 spiro atoms. The fourth-order valence-corrected chi connectivity index (χ4v) is 2.53. The van der Waals surface area contributed by atoms with Crippen molar-refractivity contribution < 1.29 is 18.3 Å². The Balaban J connectivity index is 0.00000392. The van der Waals surface area contributed by atoms with Gasteiger partial charge in [-0.1, -0.05) is 17.7 Å². The molecule has 0 aromatic heterocycles. The summed E-state index contributed by atoms with van der Waals surface area (Å²) in [4.78, 5) is 16.1. The molecule has 1 aromatic rings. The van der Waals surface area contributed by atoms with E-state index in [9.17, 15) is 13.6 Å². The number of carbonyl (C=O) groups is 1. The lowest BCUT2D eigenvalue weighted by Gasteiger charge is -2.13. The van der Waals surface area contributed by atoms with Gasteiger partial charge in [0.05, 0.1) is 6.54 Å². The summed E-state index contributed by atoms with van der Waals surface area (Å²) in [5.74, 6) is 0.784. The number of carbonyl (C=O) groups excluding carboxylic acids is 1. The average Bonchev–Trinajstić information content (AvgIpc) is 3.42. The third-order valence-electron chi connectivity index (χ3n) is 4.00. The first kappa shape index (κ1) is 24.4. The number of nitrogens with zero attached hydrogens (tertiary/aromatic N) is 1. The second-order valence-electron chi connectivity index (χ2n) is 6.56. The van der Waals surface area contributed by atoms with Crippen molar-refractivity contribution in [1.82, 2.24) is 16.0 Å². The number of amides is 1. The lowest BCUT2D eigenvalue weighted by atomic mass is 10.1. The molecular weight excluding hydrogens is 481 g/mol. The minimum absolute atomic E-state index is 0. The SMILES string of the molecule is CCNC(=NCc1cc(C)ccc1OC(F)F)NCCCC(=O)NC1CC1.I. The Morgan fingerprint density at radius 3 is 2.71 bits per heavy atom. The molecule has 3 N–H and O–H groups in total. The summed E-state index contributed by atoms with van der Waals surface area (Å²) in [5.41, 5.74) is 1.54. The number of halogens is 3. The van der Waals surface area contributed by atoms with E-state index in [4.69, 9.17) is 0 Å². The molecular formula is C19H29F2IN4O2. The minimum Gasteiger partial charge on any atom is -0.434 e. The number of ether oxygens (including phenoxy) is 1. The van der Waals surface area contributed by atoms with E-state index in [1.54, 1.807) is 12.1 Å². The zero-order chi connectivity index (χ0) is 19.6. The molecule has 1 aliphatic rings. The van der Waals surface area contributed by atoms with Gasteiger partial charge in [-0.25, -0.2) is 4.99 Å². The van der Waals surface area contributed by atoms with Gasteiger partial charge in [0, 0.05) is 31.1 Å². The van der Waals surface area contributed by atoms with Gasteiger partial charge in [-0.15, -0.1) is 24.0 Å². The summed E-state index contributed by atoms with van der Waals surface area (Å²) >= 11 is 0. The minimum atomic E-state index is -2.87. The van der Waals surface area contributed by atoms with Crippen LogP contribution in [0.2, 0.25) is 0 Å². The van der Waals surface area contributed by atoms with Crippen molar-refractivity contribution in [1.29, 1.82) is 0 Å². The van der Waals surface area contributed by atoms with Crippen LogP contribution in [0.5, 0.6) is 5.75 Å². The van der Waals surface area contributed by atoms with Crippen LogP contribution in [0, 0.1) is 6.92 Å². The maximum absolute atomic E-state index is 12.6. The Morgan fingerprint density at radius 2 is 2.07 bits per heavy atom. The van der Waals surface area contributed by atoms with Gasteiger partial charge in [0.25, 0.3) is 0 Å². The molecule has 0 atom stereocenters. The number of guanidine groups is 1. The van der Waals surface area contributed by atoms with E-state index in [2.05, 4.69) is 25.7 Å². The number of rotatable bonds is 10. The first-order valence-corrected chi connectivity index (χ1v) is 9.33. The molecule has 9 heteroatoms. The number of hydrogen-bond donors (Lipinski definition) is 3. The highest BCUT2D eigenvalue weighted by molar-refractivity contribution is 14.0. The molecule has 1 amide bonds. The first-order valence-electron chi connectivity index (χ1n) is 9.33. The number of nitrogens with one attached hydrogen (secondary N) is 3. The molecule has 1 aliphatic carbocycles. The van der Waals surface area contributed by atoms with Gasteiger partial charge in [0.2, 0.25) is 5.91 Å². The standard InChI is InChI=1S/C19H28F2N4O2.HI/c1-3-22-19(23-10-4-5-17(26)25-15-7-8-15)24-12-14-11-13(2)6-9-16(14)27-18(20)21;/h6,9,11,15,18H,3-5,7-8,10,12H2,1-2H3,(H,25,26)(H2,22,23,24);1H. The van der Waals surface area contributed by atoms with Crippen molar-refractivity contribution in [3.05, 3.63) is 29.3 Å². The molecule has 2 rings (SSSR count). The number of benzene rings is 1. The molecule has 0 unspecified atom stereocenters. The number of aliphatic imine (C=N–C) groups is 1. The molecule has 0 saturated heterocycles. The van der Waals surface area contributed by atoms with Gasteiger partial charge in [-0.05, 0) is 39.2 Å². The summed E-state index contributed by atoms with van der Waals surface area (Å²) in [6.45, 7) is 2.43. The molecule has 0 aliphatic heterocycles. The molecule has 158 valence electrons. The van der Waals surface area contributed by atoms with E-state index in [1.807, 2.05) is 13.8 Å². The van der Waals surface area contributed by atoms with Gasteiger partial charge < -0.3 is 20.7 Å². The van der Waals surface area contributed by atoms with Crippen molar-refractivity contribution in [2.45, 2.75) is 58.7 Å². The fourth-order valence-electron chi connectivity index (χ4n) is 2.53. The highest BCUT2D eigenvalue weighted by Gasteiger charge is 2.22. The Kier molecular flexibility index (Phi) is 11.1. The normalized spacial score (nSPS) is 13.7. The first-order chi connectivity index (χ1) is 13.0. The highest BCUT2D eigenvalue weighted by atomic mass is 127.